The van der Waals surface area contributed by atoms with Crippen LogP contribution < -0.4 is 0 Å². The van der Waals surface area contributed by atoms with Crippen LogP contribution in [0.3, 0.4) is 0 Å². The van der Waals surface area contributed by atoms with Crippen molar-refractivity contribution in [2.24, 2.45) is 5.92 Å². The van der Waals surface area contributed by atoms with Gasteiger partial charge in [-0.25, -0.2) is 0 Å². The van der Waals surface area contributed by atoms with Gasteiger partial charge in [0.1, 0.15) is 0 Å². The molecule has 0 saturated heterocycles. The average molecular weight is 462 g/mol. The highest BCUT2D eigenvalue weighted by Gasteiger charge is 2.29. The number of benzene rings is 1. The van der Waals surface area contributed by atoms with Crippen LogP contribution in [0.4, 0.5) is 0 Å². The first-order valence-corrected chi connectivity index (χ1v) is 12.5. The summed E-state index contributed by atoms with van der Waals surface area (Å²) in [4.78, 5) is 1.51. The molecule has 3 rings (SSSR count). The molecule has 0 saturated carbocycles. The molecule has 152 valence electrons. The Kier molecular flexibility index (Phi) is 8.82. The Bertz CT molecular complexity index is 720. The molecule has 1 aliphatic carbocycles. The maximum Gasteiger partial charge on any atom is 0.0790 e. The second-order valence-corrected chi connectivity index (χ2v) is 10.0. The first-order chi connectivity index (χ1) is 13.7. The number of hydrogen-bond donors (Lipinski definition) is 1. The number of aliphatic hydroxyl groups is 1. The Morgan fingerprint density at radius 2 is 1.93 bits per heavy atom. The van der Waals surface area contributed by atoms with Gasteiger partial charge in [0.25, 0.3) is 0 Å². The fourth-order valence-electron chi connectivity index (χ4n) is 4.31. The zero-order valence-corrected chi connectivity index (χ0v) is 19.4. The van der Waals surface area contributed by atoms with E-state index < -0.39 is 0 Å². The summed E-state index contributed by atoms with van der Waals surface area (Å²) in [6.07, 6.45) is 12.6. The van der Waals surface area contributed by atoms with Crippen LogP contribution in [0.5, 0.6) is 0 Å². The van der Waals surface area contributed by atoms with E-state index in [1.54, 1.807) is 0 Å². The molecule has 0 radical (unpaired) electrons. The number of unbranched alkanes of at least 4 members (excludes halogenated alkanes) is 3. The number of halogens is 1. The van der Waals surface area contributed by atoms with E-state index in [0.29, 0.717) is 11.8 Å². The SMILES string of the molecule is CCCCCC(O)c1ccc(C2C(Br)=CC[C@@H]2CCCCc2cccs2)cc1. The van der Waals surface area contributed by atoms with Crippen LogP contribution in [0.15, 0.2) is 52.3 Å². The molecule has 0 spiro atoms. The zero-order valence-electron chi connectivity index (χ0n) is 16.9. The predicted molar refractivity (Wildman–Crippen MR) is 125 cm³/mol. The van der Waals surface area contributed by atoms with Crippen molar-refractivity contribution in [2.45, 2.75) is 76.7 Å². The molecule has 0 amide bonds. The summed E-state index contributed by atoms with van der Waals surface area (Å²) in [7, 11) is 0. The minimum Gasteiger partial charge on any atom is -0.388 e. The van der Waals surface area contributed by atoms with Crippen molar-refractivity contribution in [3.05, 3.63) is 68.3 Å². The molecule has 1 nitrogen and oxygen atoms in total. The molecule has 0 aliphatic heterocycles. The fraction of sp³-hybridized carbons (Fsp3) is 0.520. The Hall–Kier alpha value is -0.900. The van der Waals surface area contributed by atoms with Gasteiger partial charge in [0.15, 0.2) is 0 Å². The van der Waals surface area contributed by atoms with Crippen molar-refractivity contribution in [1.29, 1.82) is 0 Å². The van der Waals surface area contributed by atoms with E-state index in [4.69, 9.17) is 0 Å². The molecule has 0 bridgehead atoms. The third-order valence-corrected chi connectivity index (χ3v) is 7.73. The van der Waals surface area contributed by atoms with Crippen molar-refractivity contribution >= 4 is 27.3 Å². The third-order valence-electron chi connectivity index (χ3n) is 5.97. The summed E-state index contributed by atoms with van der Waals surface area (Å²) in [5.74, 6) is 1.17. The molecular weight excluding hydrogens is 428 g/mol. The zero-order chi connectivity index (χ0) is 19.8. The third kappa shape index (κ3) is 6.05. The van der Waals surface area contributed by atoms with E-state index >= 15 is 0 Å². The lowest BCUT2D eigenvalue weighted by Crippen LogP contribution is -2.09. The molecule has 3 atom stereocenters. The van der Waals surface area contributed by atoms with Crippen molar-refractivity contribution in [1.82, 2.24) is 0 Å². The molecule has 1 heterocycles. The molecule has 1 aromatic carbocycles. The molecule has 0 fully saturated rings. The van der Waals surface area contributed by atoms with Gasteiger partial charge in [-0.1, -0.05) is 84.9 Å². The van der Waals surface area contributed by atoms with Crippen LogP contribution in [-0.2, 0) is 6.42 Å². The van der Waals surface area contributed by atoms with Gasteiger partial charge < -0.3 is 5.11 Å². The second kappa shape index (κ2) is 11.3. The molecule has 28 heavy (non-hydrogen) atoms. The first-order valence-electron chi connectivity index (χ1n) is 10.8. The van der Waals surface area contributed by atoms with Gasteiger partial charge in [0.05, 0.1) is 6.10 Å². The number of aliphatic hydroxyl groups excluding tert-OH is 1. The highest BCUT2D eigenvalue weighted by Crippen LogP contribution is 2.45. The highest BCUT2D eigenvalue weighted by molar-refractivity contribution is 9.11. The Labute approximate surface area is 183 Å². The van der Waals surface area contributed by atoms with Gasteiger partial charge in [-0.3, -0.25) is 0 Å². The Morgan fingerprint density at radius 1 is 1.11 bits per heavy atom. The van der Waals surface area contributed by atoms with Gasteiger partial charge in [-0.15, -0.1) is 11.3 Å². The van der Waals surface area contributed by atoms with E-state index in [2.05, 4.69) is 70.7 Å². The normalized spacial score (nSPS) is 20.3. The summed E-state index contributed by atoms with van der Waals surface area (Å²) in [5, 5.41) is 12.6. The van der Waals surface area contributed by atoms with Crippen molar-refractivity contribution in [3.8, 4) is 0 Å². The minimum absolute atomic E-state index is 0.323. The van der Waals surface area contributed by atoms with Crippen LogP contribution in [-0.4, -0.2) is 5.11 Å². The molecule has 1 N–H and O–H groups in total. The number of rotatable bonds is 11. The van der Waals surface area contributed by atoms with Crippen LogP contribution >= 0.6 is 27.3 Å². The van der Waals surface area contributed by atoms with Crippen LogP contribution in [0.25, 0.3) is 0 Å². The van der Waals surface area contributed by atoms with Gasteiger partial charge in [0.2, 0.25) is 0 Å². The predicted octanol–water partition coefficient (Wildman–Crippen LogP) is 8.16. The first kappa shape index (κ1) is 21.8. The standard InChI is InChI=1S/C25H33BrOS/c1-2-3-4-11-24(27)19-12-14-21(15-13-19)25-20(16-17-23(25)26)8-5-6-9-22-10-7-18-28-22/h7,10,12-15,17-18,20,24-25,27H,2-6,8-9,11,16H2,1H3/t20-,24?,25?/m0/s1. The molecule has 1 aromatic heterocycles. The Balaban J connectivity index is 1.53. The monoisotopic (exact) mass is 460 g/mol. The van der Waals surface area contributed by atoms with Gasteiger partial charge in [-0.05, 0) is 65.1 Å². The van der Waals surface area contributed by atoms with Gasteiger partial charge in [0, 0.05) is 10.8 Å². The number of hydrogen-bond acceptors (Lipinski definition) is 2. The van der Waals surface area contributed by atoms with Crippen LogP contribution in [0, 0.1) is 5.92 Å². The van der Waals surface area contributed by atoms with Gasteiger partial charge in [-0.2, -0.15) is 0 Å². The van der Waals surface area contributed by atoms with Crippen molar-refractivity contribution in [2.75, 3.05) is 0 Å². The maximum atomic E-state index is 10.4. The molecule has 2 unspecified atom stereocenters. The van der Waals surface area contributed by atoms with Crippen molar-refractivity contribution in [3.63, 3.8) is 0 Å². The van der Waals surface area contributed by atoms with Crippen molar-refractivity contribution < 1.29 is 5.11 Å². The summed E-state index contributed by atoms with van der Waals surface area (Å²) in [6.45, 7) is 2.20. The summed E-state index contributed by atoms with van der Waals surface area (Å²) in [6, 6.07) is 13.2. The minimum atomic E-state index is -0.323. The molecule has 3 heteroatoms. The summed E-state index contributed by atoms with van der Waals surface area (Å²) in [5.41, 5.74) is 2.44. The smallest absolute Gasteiger partial charge is 0.0790 e. The largest absolute Gasteiger partial charge is 0.388 e. The average Bonchev–Trinajstić information content (AvgIpc) is 3.35. The van der Waals surface area contributed by atoms with E-state index in [-0.39, 0.29) is 6.10 Å². The van der Waals surface area contributed by atoms with Gasteiger partial charge >= 0.3 is 0 Å². The molecule has 1 aliphatic rings. The lowest BCUT2D eigenvalue weighted by Gasteiger charge is -2.22. The summed E-state index contributed by atoms with van der Waals surface area (Å²) < 4.78 is 1.34. The number of aryl methyl sites for hydroxylation is 1. The number of thiophene rings is 1. The lowest BCUT2D eigenvalue weighted by atomic mass is 9.84. The molecule has 2 aromatic rings. The van der Waals surface area contributed by atoms with E-state index in [9.17, 15) is 5.11 Å². The van der Waals surface area contributed by atoms with E-state index in [1.807, 2.05) is 11.3 Å². The second-order valence-electron chi connectivity index (χ2n) is 8.07. The molecular formula is C25H33BrOS. The highest BCUT2D eigenvalue weighted by atomic mass is 79.9. The maximum absolute atomic E-state index is 10.4. The topological polar surface area (TPSA) is 20.2 Å². The Morgan fingerprint density at radius 3 is 2.64 bits per heavy atom. The fourth-order valence-corrected chi connectivity index (χ4v) is 5.88. The van der Waals surface area contributed by atoms with Crippen LogP contribution in [0.1, 0.15) is 86.3 Å². The summed E-state index contributed by atoms with van der Waals surface area (Å²) >= 11 is 5.70. The van der Waals surface area contributed by atoms with E-state index in [1.165, 1.54) is 59.9 Å². The van der Waals surface area contributed by atoms with Crippen LogP contribution in [0.2, 0.25) is 0 Å². The number of allylic oxidation sites excluding steroid dienone is 2. The van der Waals surface area contributed by atoms with E-state index in [0.717, 1.165) is 18.4 Å². The quantitative estimate of drug-likeness (QED) is 0.335. The lowest BCUT2D eigenvalue weighted by molar-refractivity contribution is 0.163.